The van der Waals surface area contributed by atoms with E-state index in [9.17, 15) is 9.59 Å². The number of esters is 1. The summed E-state index contributed by atoms with van der Waals surface area (Å²) < 4.78 is 6.15. The van der Waals surface area contributed by atoms with E-state index in [2.05, 4.69) is 14.8 Å². The average Bonchev–Trinajstić information content (AvgIpc) is 2.81. The van der Waals surface area contributed by atoms with E-state index < -0.39 is 5.97 Å². The summed E-state index contributed by atoms with van der Waals surface area (Å²) in [5, 5.41) is 4.15. The summed E-state index contributed by atoms with van der Waals surface area (Å²) >= 11 is 0. The third-order valence-corrected chi connectivity index (χ3v) is 2.95. The quantitative estimate of drug-likeness (QED) is 0.767. The predicted molar refractivity (Wildman–Crippen MR) is 71.4 cm³/mol. The zero-order chi connectivity index (χ0) is 14.9. The van der Waals surface area contributed by atoms with Crippen LogP contribution in [0, 0.1) is 13.8 Å². The minimum absolute atomic E-state index is 0.114. The highest BCUT2D eigenvalue weighted by atomic mass is 16.5. The van der Waals surface area contributed by atoms with Gasteiger partial charge in [0.2, 0.25) is 0 Å². The van der Waals surface area contributed by atoms with Gasteiger partial charge in [0, 0.05) is 18.4 Å². The molecule has 7 nitrogen and oxygen atoms in total. The number of methoxy groups -OCH3 is 1. The summed E-state index contributed by atoms with van der Waals surface area (Å²) in [7, 11) is 2.82. The summed E-state index contributed by atoms with van der Waals surface area (Å²) in [5.74, 6) is -0.791. The molecule has 0 N–H and O–H groups in total. The molecule has 106 valence electrons. The first-order valence-electron chi connectivity index (χ1n) is 6.08. The second-order valence-electron chi connectivity index (χ2n) is 4.57. The van der Waals surface area contributed by atoms with Crippen molar-refractivity contribution in [3.63, 3.8) is 0 Å². The summed E-state index contributed by atoms with van der Waals surface area (Å²) in [4.78, 5) is 29.2. The molecule has 0 aromatic carbocycles. The van der Waals surface area contributed by atoms with Gasteiger partial charge in [0.25, 0.3) is 5.91 Å². The van der Waals surface area contributed by atoms with Crippen molar-refractivity contribution in [2.45, 2.75) is 13.8 Å². The van der Waals surface area contributed by atoms with E-state index in [4.69, 9.17) is 0 Å². The molecule has 2 rings (SSSR count). The molecule has 0 aliphatic heterocycles. The van der Waals surface area contributed by atoms with Gasteiger partial charge in [-0.3, -0.25) is 9.59 Å². The number of carbonyl (C=O) groups is 2. The number of aryl methyl sites for hydroxylation is 2. The van der Waals surface area contributed by atoms with E-state index in [1.807, 2.05) is 19.9 Å². The SMILES string of the molecule is COC(=O)CN(C)C(=O)c1cnn2c(C)cc(C)nc12. The molecule has 1 amide bonds. The van der Waals surface area contributed by atoms with Crippen LogP contribution in [0.3, 0.4) is 0 Å². The van der Waals surface area contributed by atoms with Gasteiger partial charge in [0.05, 0.1) is 13.3 Å². The summed E-state index contributed by atoms with van der Waals surface area (Å²) in [6.45, 7) is 3.63. The summed E-state index contributed by atoms with van der Waals surface area (Å²) in [5.41, 5.74) is 2.55. The zero-order valence-corrected chi connectivity index (χ0v) is 11.9. The molecule has 0 atom stereocenters. The molecule has 7 heteroatoms. The van der Waals surface area contributed by atoms with Gasteiger partial charge in [-0.2, -0.15) is 5.10 Å². The molecule has 0 bridgehead atoms. The molecule has 0 spiro atoms. The van der Waals surface area contributed by atoms with Gasteiger partial charge >= 0.3 is 5.97 Å². The average molecular weight is 276 g/mol. The molecule has 2 aromatic heterocycles. The second kappa shape index (κ2) is 5.28. The van der Waals surface area contributed by atoms with Gasteiger partial charge in [-0.25, -0.2) is 9.50 Å². The highest BCUT2D eigenvalue weighted by Gasteiger charge is 2.20. The van der Waals surface area contributed by atoms with Crippen molar-refractivity contribution in [1.82, 2.24) is 19.5 Å². The fraction of sp³-hybridized carbons (Fsp3) is 0.385. The van der Waals surface area contributed by atoms with Crippen molar-refractivity contribution >= 4 is 17.5 Å². The number of rotatable bonds is 3. The number of hydrogen-bond acceptors (Lipinski definition) is 5. The summed E-state index contributed by atoms with van der Waals surface area (Å²) in [6, 6.07) is 1.88. The number of carbonyl (C=O) groups excluding carboxylic acids is 2. The van der Waals surface area contributed by atoms with Crippen LogP contribution in [0.1, 0.15) is 21.7 Å². The monoisotopic (exact) mass is 276 g/mol. The lowest BCUT2D eigenvalue weighted by atomic mass is 10.2. The maximum Gasteiger partial charge on any atom is 0.325 e. The second-order valence-corrected chi connectivity index (χ2v) is 4.57. The third kappa shape index (κ3) is 2.47. The van der Waals surface area contributed by atoms with E-state index >= 15 is 0 Å². The Morgan fingerprint density at radius 2 is 2.10 bits per heavy atom. The topological polar surface area (TPSA) is 76.8 Å². The highest BCUT2D eigenvalue weighted by molar-refractivity contribution is 6.00. The van der Waals surface area contributed by atoms with Crippen molar-refractivity contribution in [2.75, 3.05) is 20.7 Å². The number of fused-ring (bicyclic) bond motifs is 1. The Morgan fingerprint density at radius 1 is 1.40 bits per heavy atom. The van der Waals surface area contributed by atoms with Gasteiger partial charge in [0.1, 0.15) is 12.1 Å². The fourth-order valence-electron chi connectivity index (χ4n) is 1.96. The number of ether oxygens (including phenoxy) is 1. The fourth-order valence-corrected chi connectivity index (χ4v) is 1.96. The third-order valence-electron chi connectivity index (χ3n) is 2.95. The largest absolute Gasteiger partial charge is 0.468 e. The molecule has 0 radical (unpaired) electrons. The first kappa shape index (κ1) is 14.0. The Morgan fingerprint density at radius 3 is 2.75 bits per heavy atom. The normalized spacial score (nSPS) is 10.6. The maximum absolute atomic E-state index is 12.3. The van der Waals surface area contributed by atoms with Crippen molar-refractivity contribution in [3.8, 4) is 0 Å². The molecule has 0 saturated carbocycles. The molecule has 0 unspecified atom stereocenters. The number of hydrogen-bond donors (Lipinski definition) is 0. The van der Waals surface area contributed by atoms with Crippen LogP contribution in [0.15, 0.2) is 12.3 Å². The van der Waals surface area contributed by atoms with Crippen molar-refractivity contribution in [1.29, 1.82) is 0 Å². The number of nitrogens with zero attached hydrogens (tertiary/aromatic N) is 4. The van der Waals surface area contributed by atoms with Crippen molar-refractivity contribution in [3.05, 3.63) is 29.2 Å². The van der Waals surface area contributed by atoms with Gasteiger partial charge in [-0.1, -0.05) is 0 Å². The van der Waals surface area contributed by atoms with Crippen molar-refractivity contribution in [2.24, 2.45) is 0 Å². The van der Waals surface area contributed by atoms with Crippen LogP contribution in [0.25, 0.3) is 5.65 Å². The molecule has 0 fully saturated rings. The molecule has 2 aromatic rings. The standard InChI is InChI=1S/C13H16N4O3/c1-8-5-9(2)17-12(15-8)10(6-14-17)13(19)16(3)7-11(18)20-4/h5-6H,7H2,1-4H3. The number of amides is 1. The van der Waals surface area contributed by atoms with Crippen molar-refractivity contribution < 1.29 is 14.3 Å². The van der Waals surface area contributed by atoms with E-state index in [1.165, 1.54) is 25.3 Å². The molecule has 2 heterocycles. The maximum atomic E-state index is 12.3. The highest BCUT2D eigenvalue weighted by Crippen LogP contribution is 2.13. The van der Waals surface area contributed by atoms with Crippen LogP contribution >= 0.6 is 0 Å². The van der Waals surface area contributed by atoms with E-state index in [-0.39, 0.29) is 12.5 Å². The molecular weight excluding hydrogens is 260 g/mol. The van der Waals surface area contributed by atoms with Gasteiger partial charge < -0.3 is 9.64 Å². The molecule has 20 heavy (non-hydrogen) atoms. The first-order valence-corrected chi connectivity index (χ1v) is 6.08. The number of aromatic nitrogens is 3. The van der Waals surface area contributed by atoms with Crippen LogP contribution in [-0.2, 0) is 9.53 Å². The molecule has 0 aliphatic carbocycles. The van der Waals surface area contributed by atoms with Crippen LogP contribution < -0.4 is 0 Å². The minimum Gasteiger partial charge on any atom is -0.468 e. The van der Waals surface area contributed by atoms with E-state index in [1.54, 1.807) is 4.52 Å². The Kier molecular flexibility index (Phi) is 3.69. The molecule has 0 saturated heterocycles. The van der Waals surface area contributed by atoms with Gasteiger partial charge in [-0.05, 0) is 19.9 Å². The number of likely N-dealkylation sites (N-methyl/N-ethyl adjacent to an activating group) is 1. The van der Waals surface area contributed by atoms with Gasteiger partial charge in [0.15, 0.2) is 5.65 Å². The zero-order valence-electron chi connectivity index (χ0n) is 11.9. The Balaban J connectivity index is 2.38. The van der Waals surface area contributed by atoms with Crippen LogP contribution in [0.2, 0.25) is 0 Å². The minimum atomic E-state index is -0.474. The smallest absolute Gasteiger partial charge is 0.325 e. The van der Waals surface area contributed by atoms with E-state index in [0.29, 0.717) is 11.2 Å². The van der Waals surface area contributed by atoms with Crippen LogP contribution in [-0.4, -0.2) is 52.1 Å². The lowest BCUT2D eigenvalue weighted by Crippen LogP contribution is -2.32. The summed E-state index contributed by atoms with van der Waals surface area (Å²) in [6.07, 6.45) is 1.46. The lowest BCUT2D eigenvalue weighted by Gasteiger charge is -2.14. The van der Waals surface area contributed by atoms with E-state index in [0.717, 1.165) is 11.4 Å². The lowest BCUT2D eigenvalue weighted by molar-refractivity contribution is -0.141. The molecular formula is C13H16N4O3. The van der Waals surface area contributed by atoms with Crippen LogP contribution in [0.4, 0.5) is 0 Å². The Hall–Kier alpha value is -2.44. The Labute approximate surface area is 116 Å². The molecule has 0 aliphatic rings. The Bertz CT molecular complexity index is 678. The van der Waals surface area contributed by atoms with Gasteiger partial charge in [-0.15, -0.1) is 0 Å². The first-order chi connectivity index (χ1) is 9.43. The van der Waals surface area contributed by atoms with Crippen LogP contribution in [0.5, 0.6) is 0 Å². The predicted octanol–water partition coefficient (Wildman–Crippen LogP) is 0.591.